The van der Waals surface area contributed by atoms with Crippen molar-refractivity contribution in [3.05, 3.63) is 109 Å². The summed E-state index contributed by atoms with van der Waals surface area (Å²) in [6.07, 6.45) is -39.3. The number of amides is 9. The molecule has 2 aromatic carbocycles. The Bertz CT molecular complexity index is 5850. The number of pyridine rings is 2. The number of aromatic nitrogens is 6. The zero-order valence-corrected chi connectivity index (χ0v) is 77.1. The van der Waals surface area contributed by atoms with Gasteiger partial charge in [-0.25, -0.2) is 34.1 Å². The molecule has 0 saturated heterocycles. The zero-order chi connectivity index (χ0) is 107. The lowest BCUT2D eigenvalue weighted by Crippen LogP contribution is -2.66. The molecule has 6 aromatic rings. The number of hydrogen-bond donors (Lipinski definition) is 33. The molecule has 4 aromatic heterocycles. The molecule has 0 spiro atoms. The van der Waals surface area contributed by atoms with Gasteiger partial charge in [-0.3, -0.25) is 67.3 Å². The molecule has 0 saturated carbocycles. The predicted molar refractivity (Wildman–Crippen MR) is 484 cm³/mol. The Morgan fingerprint density at radius 2 is 1.07 bits per heavy atom. The number of aliphatic hydroxyl groups is 17. The van der Waals surface area contributed by atoms with E-state index in [-0.39, 0.29) is 83.4 Å². The number of cyclic esters (lactones) is 1. The second-order valence-electron chi connectivity index (χ2n) is 32.3. The van der Waals surface area contributed by atoms with E-state index < -0.39 is 304 Å². The highest BCUT2D eigenvalue weighted by molar-refractivity contribution is 8.76. The number of carboxylic acids is 4. The van der Waals surface area contributed by atoms with E-state index in [2.05, 4.69) is 30.6 Å². The molecule has 2 aliphatic heterocycles. The van der Waals surface area contributed by atoms with Crippen LogP contribution >= 0.6 is 21.6 Å². The molecule has 59 nitrogen and oxygen atoms in total. The van der Waals surface area contributed by atoms with Crippen LogP contribution in [0.25, 0.3) is 33.5 Å². The highest BCUT2D eigenvalue weighted by Crippen LogP contribution is 2.41. The number of aliphatic hydroxyl groups excluding tert-OH is 16. The fourth-order valence-electron chi connectivity index (χ4n) is 14.5. The van der Waals surface area contributed by atoms with Crippen LogP contribution in [0.5, 0.6) is 5.75 Å². The van der Waals surface area contributed by atoms with Gasteiger partial charge in [-0.05, 0) is 73.4 Å². The van der Waals surface area contributed by atoms with Gasteiger partial charge in [-0.15, -0.1) is 0 Å². The van der Waals surface area contributed by atoms with Crippen molar-refractivity contribution in [1.82, 2.24) is 77.3 Å². The van der Waals surface area contributed by atoms with Crippen LogP contribution in [0.2, 0.25) is 0 Å². The number of nitrogens with two attached hydrogens (primary N) is 1. The number of H-pyrrole nitrogens is 1. The first kappa shape index (κ1) is 115. The molecule has 0 fully saturated rings. The average molecular weight is 2080 g/mol. The molecule has 0 bridgehead atoms. The second kappa shape index (κ2) is 52.4. The summed E-state index contributed by atoms with van der Waals surface area (Å²) in [5, 5.41) is 240. The van der Waals surface area contributed by atoms with E-state index in [1.165, 1.54) is 53.2 Å². The van der Waals surface area contributed by atoms with Crippen molar-refractivity contribution in [3.8, 4) is 17.1 Å². The quantitative estimate of drug-likeness (QED) is 0.00553. The number of nitrogens with one attached hydrogen (secondary N) is 11. The summed E-state index contributed by atoms with van der Waals surface area (Å²) in [5.74, 6) is -26.2. The van der Waals surface area contributed by atoms with Crippen LogP contribution in [0.1, 0.15) is 90.7 Å². The third kappa shape index (κ3) is 29.3. The highest BCUT2D eigenvalue weighted by Gasteiger charge is 2.49. The van der Waals surface area contributed by atoms with Gasteiger partial charge in [0.05, 0.1) is 86.7 Å². The monoisotopic (exact) mass is 2080 g/mol. The maximum absolute atomic E-state index is 14.5. The van der Waals surface area contributed by atoms with Crippen molar-refractivity contribution < 1.29 is 198 Å². The molecule has 22 atom stereocenters. The zero-order valence-electron chi connectivity index (χ0n) is 75.5. The molecule has 144 heavy (non-hydrogen) atoms. The number of aliphatic carboxylic acids is 4. The van der Waals surface area contributed by atoms with Crippen LogP contribution in [0.4, 0.5) is 16.4 Å². The Balaban J connectivity index is 0.930. The van der Waals surface area contributed by atoms with Crippen molar-refractivity contribution in [2.75, 3.05) is 55.6 Å². The smallest absolute Gasteiger partial charge is 0.481 e. The van der Waals surface area contributed by atoms with Gasteiger partial charge in [0.25, 0.3) is 17.0 Å². The van der Waals surface area contributed by atoms with Gasteiger partial charge >= 0.3 is 36.0 Å². The summed E-state index contributed by atoms with van der Waals surface area (Å²) >= 11 is 0. The number of aryl methyl sites for hydroxylation is 1. The summed E-state index contributed by atoms with van der Waals surface area (Å²) < 4.78 is 17.3. The van der Waals surface area contributed by atoms with Crippen LogP contribution < -0.4 is 74.8 Å². The molecule has 9 amide bonds. The lowest BCUT2D eigenvalue weighted by atomic mass is 9.86. The Labute approximate surface area is 816 Å². The number of rotatable bonds is 56. The lowest BCUT2D eigenvalue weighted by Gasteiger charge is -2.33. The number of carbonyl (C=O) groups excluding carboxylic acids is 12. The summed E-state index contributed by atoms with van der Waals surface area (Å²) in [7, 11) is 1.54. The molecule has 2 aliphatic rings. The second-order valence-corrected chi connectivity index (χ2v) is 34.9. The number of hydrogen-bond acceptors (Lipinski definition) is 46. The molecule has 786 valence electrons. The summed E-state index contributed by atoms with van der Waals surface area (Å²) in [6, 6.07) is -12.6. The predicted octanol–water partition coefficient (Wildman–Crippen LogP) is -13.8. The molecule has 34 N–H and O–H groups in total. The van der Waals surface area contributed by atoms with E-state index >= 15 is 0 Å². The third-order valence-corrected chi connectivity index (χ3v) is 24.8. The minimum Gasteiger partial charge on any atom is -0.481 e. The number of carboxylic acid groups (broad SMARTS) is 4. The maximum Gasteiger partial charge on any atom is 0.513 e. The minimum absolute atomic E-state index is 0.0121. The molecular formula is C83H105N17O42S2. The molecule has 0 radical (unpaired) electrons. The Kier molecular flexibility index (Phi) is 42.0. The molecule has 8 rings (SSSR count). The lowest BCUT2D eigenvalue weighted by molar-refractivity contribution is -0.172. The fraction of sp³-hybridized carbons (Fsp3) is 0.494. The summed E-state index contributed by atoms with van der Waals surface area (Å²) in [4.78, 5) is 261. The minimum atomic E-state index is -3.10. The van der Waals surface area contributed by atoms with Crippen LogP contribution in [0, 0.1) is 0 Å². The van der Waals surface area contributed by atoms with Crippen molar-refractivity contribution in [1.29, 1.82) is 0 Å². The Hall–Kier alpha value is -13.8. The van der Waals surface area contributed by atoms with Crippen molar-refractivity contribution >= 4 is 151 Å². The van der Waals surface area contributed by atoms with E-state index in [0.29, 0.717) is 56.3 Å². The number of benzene rings is 2. The third-order valence-electron chi connectivity index (χ3n) is 22.4. The fourth-order valence-corrected chi connectivity index (χ4v) is 16.5. The normalized spacial score (nSPS) is 17.5. The number of anilines is 2. The van der Waals surface area contributed by atoms with Gasteiger partial charge in [0.2, 0.25) is 53.2 Å². The van der Waals surface area contributed by atoms with Crippen LogP contribution in [0.3, 0.4) is 0 Å². The number of aromatic amines is 1. The largest absolute Gasteiger partial charge is 0.513 e. The number of esters is 1. The van der Waals surface area contributed by atoms with Crippen LogP contribution in [0.15, 0.2) is 64.3 Å². The van der Waals surface area contributed by atoms with Gasteiger partial charge in [0, 0.05) is 52.1 Å². The molecule has 0 unspecified atom stereocenters. The maximum atomic E-state index is 14.5. The van der Waals surface area contributed by atoms with Gasteiger partial charge in [-0.2, -0.15) is 4.98 Å². The molecule has 0 aliphatic carbocycles. The van der Waals surface area contributed by atoms with Gasteiger partial charge < -0.3 is 190 Å². The first-order chi connectivity index (χ1) is 68.0. The number of nitrogen functional groups attached to an aromatic ring is 1. The summed E-state index contributed by atoms with van der Waals surface area (Å²) in [6.45, 7) is -3.17. The van der Waals surface area contributed by atoms with Gasteiger partial charge in [0.1, 0.15) is 153 Å². The highest BCUT2D eigenvalue weighted by atomic mass is 33.1. The number of nitrogens with zero attached hydrogens (tertiary/aromatic N) is 5. The topological polar surface area (TPSA) is 978 Å². The molecule has 6 heterocycles. The van der Waals surface area contributed by atoms with E-state index in [1.54, 1.807) is 44.9 Å². The summed E-state index contributed by atoms with van der Waals surface area (Å²) in [5.41, 5.74) is 5.35. The van der Waals surface area contributed by atoms with Crippen molar-refractivity contribution in [3.63, 3.8) is 0 Å². The van der Waals surface area contributed by atoms with E-state index in [1.807, 2.05) is 17.6 Å². The van der Waals surface area contributed by atoms with E-state index in [9.17, 15) is 194 Å². The van der Waals surface area contributed by atoms with Gasteiger partial charge in [0.15, 0.2) is 16.8 Å². The standard InChI is InChI=1S/C83H105N17O42S2/c1-3-34-35-17-33(9-10-39(35)88-53-36(34)23-100-45(53)18-38-37(77(100)132)28-141-80(137)83(38,139)4-2)142-82(138)140-15-16-143-144-29-44(79(135)136)93-75(130)57(66(122)62(118)49(109)27-105)95-69(124)40(13-14-101)89-73(128)55(64(120)60(116)47(107)25-103)96-71(126)43(20-52(113)114)92-74(129)56(65(121)61(117)48(108)26-104)97-70(125)42(19-51(111)112)91-72(127)54(63(119)59(115)46(106)24-102)94-50(110)12-11-41(78(133)134)90-68(123)30-5-7-31(8-6-30)85-21-32-22-86-67-58(87-32)76(131)99-81(84)98-67/h5-10,14,17-18,22,40-44,46-49,54-57,59-66,85,102-109,115-122,139H,3-4,11-13,15-16,19-21,23-29H2,1-2H3,(H,89,128)(H,90,123)(H,91,127)(H,92,129)(H,93,130)(H,94,110)(H,95,124)(H,96,126)(H,97,125)(H,111,112)(H,113,114)(H,133,134)(H,135,136)(H3,84,86,98,99,131)/t40-,41-,42-,43-,44+,46+,47+,48+,49+,54-,55-,56-,57-,59+,60+,61+,62+,63+,64+,65+,66+,83-/m0/s1. The number of ether oxygens (including phenoxy) is 3. The van der Waals surface area contributed by atoms with Gasteiger partial charge in [-0.1, -0.05) is 35.4 Å². The van der Waals surface area contributed by atoms with Crippen molar-refractivity contribution in [2.24, 2.45) is 0 Å². The Morgan fingerprint density at radius 1 is 0.576 bits per heavy atom. The molecule has 61 heteroatoms. The number of carbonyl (C=O) groups is 16. The number of fused-ring (bicyclic) bond motifs is 6. The Morgan fingerprint density at radius 3 is 1.55 bits per heavy atom. The number of aldehydes is 1. The average Bonchev–Trinajstić information content (AvgIpc) is 1.55. The van der Waals surface area contributed by atoms with E-state index in [0.717, 1.165) is 10.8 Å². The SMILES string of the molecule is CCc1c2c(nc3ccc(OC(=O)OCCSSC[C@@H](NC(=O)[C@@H](NC(=O)[C@H](CC=O)NC(=O)[C@@H](NC(=O)[C@H](CC(=O)O)NC(=O)[C@@H](NC(=O)[C@H](CC(=O)O)NC(=O)[C@@H](NC(=O)CC[C@H](NC(=O)c4ccc(NCc5cnc6nc(N)[nH]c(=O)c6n5)cc4)C(=O)O)[C@@H](O)[C@H](O)[C@H](O)CO)[C@@H](O)[C@H](O)[C@H](O)CO)[C@@H](O)[C@H](O)[C@H](O)CO)[C@@H](O)[C@H](O)[C@H](O)CO)C(=O)O)cc13)-c1cc3c(c(=O)n1C2)COC(=O)[C@]3(O)CC. The van der Waals surface area contributed by atoms with Crippen LogP contribution in [-0.4, -0.2) is 404 Å². The molecular weight excluding hydrogens is 1970 g/mol. The van der Waals surface area contributed by atoms with Crippen LogP contribution in [-0.2, 0) is 108 Å². The first-order valence-electron chi connectivity index (χ1n) is 43.3. The first-order valence-corrected chi connectivity index (χ1v) is 45.7. The van der Waals surface area contributed by atoms with E-state index in [4.69, 9.17) is 24.9 Å². The van der Waals surface area contributed by atoms with Crippen molar-refractivity contribution in [2.45, 2.75) is 212 Å².